The molecule has 6 nitrogen and oxygen atoms in total. The molecule has 0 aliphatic carbocycles. The summed E-state index contributed by atoms with van der Waals surface area (Å²) in [4.78, 5) is 27.5. The van der Waals surface area contributed by atoms with Gasteiger partial charge in [-0.15, -0.1) is 11.3 Å². The second-order valence-electron chi connectivity index (χ2n) is 4.42. The Morgan fingerprint density at radius 3 is 2.68 bits per heavy atom. The molecular formula is C15H16N2O4S. The summed E-state index contributed by atoms with van der Waals surface area (Å²) < 4.78 is 5.01. The number of amides is 1. The van der Waals surface area contributed by atoms with Crippen molar-refractivity contribution in [3.05, 3.63) is 51.5 Å². The lowest BCUT2D eigenvalue weighted by Gasteiger charge is -2.02. The van der Waals surface area contributed by atoms with Gasteiger partial charge >= 0.3 is 12.1 Å². The minimum Gasteiger partial charge on any atom is -0.465 e. The van der Waals surface area contributed by atoms with Gasteiger partial charge in [-0.05, 0) is 12.5 Å². The van der Waals surface area contributed by atoms with Crippen molar-refractivity contribution in [2.45, 2.75) is 19.9 Å². The molecule has 1 aromatic heterocycles. The largest absolute Gasteiger partial charge is 0.465 e. The third-order valence-electron chi connectivity index (χ3n) is 2.81. The van der Waals surface area contributed by atoms with Crippen LogP contribution >= 0.6 is 11.3 Å². The Hall–Kier alpha value is -2.41. The fraction of sp³-hybridized carbons (Fsp3) is 0.267. The highest BCUT2D eigenvalue weighted by atomic mass is 32.1. The minimum atomic E-state index is -1.13. The van der Waals surface area contributed by atoms with Crippen molar-refractivity contribution < 1.29 is 19.4 Å². The molecule has 22 heavy (non-hydrogen) atoms. The summed E-state index contributed by atoms with van der Waals surface area (Å²) in [6, 6.07) is 9.69. The first-order valence-corrected chi connectivity index (χ1v) is 7.58. The van der Waals surface area contributed by atoms with Gasteiger partial charge in [0.15, 0.2) is 5.69 Å². The molecule has 0 bridgehead atoms. The van der Waals surface area contributed by atoms with Gasteiger partial charge in [0.05, 0.1) is 13.2 Å². The van der Waals surface area contributed by atoms with Gasteiger partial charge in [0, 0.05) is 11.3 Å². The molecule has 116 valence electrons. The van der Waals surface area contributed by atoms with Crippen molar-refractivity contribution in [3.63, 3.8) is 0 Å². The fourth-order valence-electron chi connectivity index (χ4n) is 1.89. The Bertz CT molecular complexity index is 655. The predicted octanol–water partition coefficient (Wildman–Crippen LogP) is 2.68. The van der Waals surface area contributed by atoms with Crippen LogP contribution in [-0.4, -0.2) is 28.8 Å². The molecule has 0 spiro atoms. The summed E-state index contributed by atoms with van der Waals surface area (Å²) in [6.07, 6.45) is -0.572. The van der Waals surface area contributed by atoms with Gasteiger partial charge < -0.3 is 15.2 Å². The van der Waals surface area contributed by atoms with Gasteiger partial charge in [-0.3, -0.25) is 0 Å². The number of nitrogens with one attached hydrogen (secondary N) is 1. The van der Waals surface area contributed by atoms with Crippen LogP contribution in [-0.2, 0) is 17.7 Å². The van der Waals surface area contributed by atoms with E-state index in [1.54, 1.807) is 6.92 Å². The highest BCUT2D eigenvalue weighted by Crippen LogP contribution is 2.23. The van der Waals surface area contributed by atoms with Crippen LogP contribution < -0.4 is 5.32 Å². The number of rotatable bonds is 6. The van der Waals surface area contributed by atoms with E-state index in [-0.39, 0.29) is 18.8 Å². The van der Waals surface area contributed by atoms with Crippen molar-refractivity contribution >= 4 is 23.4 Å². The van der Waals surface area contributed by atoms with Crippen molar-refractivity contribution in [2.75, 3.05) is 6.61 Å². The van der Waals surface area contributed by atoms with Crippen LogP contribution in [0.4, 0.5) is 4.79 Å². The first kappa shape index (κ1) is 16.0. The van der Waals surface area contributed by atoms with E-state index < -0.39 is 12.1 Å². The van der Waals surface area contributed by atoms with Crippen LogP contribution in [0, 0.1) is 0 Å². The van der Waals surface area contributed by atoms with Gasteiger partial charge in [0.25, 0.3) is 0 Å². The van der Waals surface area contributed by atoms with Crippen molar-refractivity contribution in [2.24, 2.45) is 0 Å². The lowest BCUT2D eigenvalue weighted by molar-refractivity contribution is 0.0519. The van der Waals surface area contributed by atoms with Gasteiger partial charge in [0.1, 0.15) is 5.01 Å². The van der Waals surface area contributed by atoms with Crippen LogP contribution in [0.5, 0.6) is 0 Å². The maximum absolute atomic E-state index is 12.0. The summed E-state index contributed by atoms with van der Waals surface area (Å²) in [5.74, 6) is -0.480. The quantitative estimate of drug-likeness (QED) is 0.799. The Morgan fingerprint density at radius 1 is 1.32 bits per heavy atom. The zero-order chi connectivity index (χ0) is 15.9. The molecule has 7 heteroatoms. The molecule has 0 aliphatic heterocycles. The molecule has 2 aromatic rings. The molecule has 0 atom stereocenters. The number of aromatic nitrogens is 1. The standard InChI is InChI=1S/C15H16N2O4S/c1-2-21-14(18)13-11(8-10-6-4-3-5-7-10)22-12(17-13)9-16-15(19)20/h3-7,16H,2,8-9H2,1H3,(H,19,20). The lowest BCUT2D eigenvalue weighted by atomic mass is 10.1. The number of carbonyl (C=O) groups excluding carboxylic acids is 1. The minimum absolute atomic E-state index is 0.0706. The lowest BCUT2D eigenvalue weighted by Crippen LogP contribution is -2.19. The fourth-order valence-corrected chi connectivity index (χ4v) is 2.92. The molecule has 0 saturated heterocycles. The summed E-state index contributed by atoms with van der Waals surface area (Å²) >= 11 is 1.31. The molecule has 0 fully saturated rings. The van der Waals surface area contributed by atoms with Crippen LogP contribution in [0.1, 0.15) is 32.9 Å². The van der Waals surface area contributed by atoms with Crippen molar-refractivity contribution in [1.29, 1.82) is 0 Å². The van der Waals surface area contributed by atoms with Gasteiger partial charge in [0.2, 0.25) is 0 Å². The molecule has 1 amide bonds. The molecule has 0 unspecified atom stereocenters. The van der Waals surface area contributed by atoms with Gasteiger partial charge in [-0.25, -0.2) is 14.6 Å². The third kappa shape index (κ3) is 4.29. The van der Waals surface area contributed by atoms with E-state index in [1.807, 2.05) is 30.3 Å². The maximum Gasteiger partial charge on any atom is 0.405 e. The molecule has 2 rings (SSSR count). The zero-order valence-electron chi connectivity index (χ0n) is 12.0. The summed E-state index contributed by atoms with van der Waals surface area (Å²) in [7, 11) is 0. The maximum atomic E-state index is 12.0. The van der Waals surface area contributed by atoms with E-state index in [1.165, 1.54) is 11.3 Å². The molecule has 1 aromatic carbocycles. The monoisotopic (exact) mass is 320 g/mol. The first-order chi connectivity index (χ1) is 10.6. The number of nitrogens with zero attached hydrogens (tertiary/aromatic N) is 1. The van der Waals surface area contributed by atoms with Crippen LogP contribution in [0.2, 0.25) is 0 Å². The second-order valence-corrected chi connectivity index (χ2v) is 5.59. The Labute approximate surface area is 131 Å². The Balaban J connectivity index is 2.24. The highest BCUT2D eigenvalue weighted by molar-refractivity contribution is 7.12. The van der Waals surface area contributed by atoms with Crippen LogP contribution in [0.3, 0.4) is 0 Å². The molecule has 0 saturated carbocycles. The molecule has 0 aliphatic rings. The number of esters is 1. The van der Waals surface area contributed by atoms with Crippen LogP contribution in [0.25, 0.3) is 0 Å². The predicted molar refractivity (Wildman–Crippen MR) is 82.2 cm³/mol. The number of carbonyl (C=O) groups is 2. The number of carboxylic acid groups (broad SMARTS) is 1. The summed E-state index contributed by atoms with van der Waals surface area (Å²) in [6.45, 7) is 2.07. The zero-order valence-corrected chi connectivity index (χ0v) is 12.9. The van der Waals surface area contributed by atoms with E-state index in [9.17, 15) is 9.59 Å². The molecular weight excluding hydrogens is 304 g/mol. The number of hydrogen-bond donors (Lipinski definition) is 2. The molecule has 2 N–H and O–H groups in total. The summed E-state index contributed by atoms with van der Waals surface area (Å²) in [5.41, 5.74) is 1.31. The van der Waals surface area contributed by atoms with Gasteiger partial charge in [-0.2, -0.15) is 0 Å². The van der Waals surface area contributed by atoms with Crippen molar-refractivity contribution in [1.82, 2.24) is 10.3 Å². The van der Waals surface area contributed by atoms with Crippen LogP contribution in [0.15, 0.2) is 30.3 Å². The average molecular weight is 320 g/mol. The van der Waals surface area contributed by atoms with E-state index in [4.69, 9.17) is 9.84 Å². The van der Waals surface area contributed by atoms with E-state index in [2.05, 4.69) is 10.3 Å². The average Bonchev–Trinajstić information content (AvgIpc) is 2.89. The molecule has 1 heterocycles. The Morgan fingerprint density at radius 2 is 2.05 bits per heavy atom. The molecule has 0 radical (unpaired) electrons. The smallest absolute Gasteiger partial charge is 0.405 e. The summed E-state index contributed by atoms with van der Waals surface area (Å²) in [5, 5.41) is 11.4. The number of hydrogen-bond acceptors (Lipinski definition) is 5. The number of benzene rings is 1. The van der Waals surface area contributed by atoms with E-state index >= 15 is 0 Å². The number of ether oxygens (including phenoxy) is 1. The normalized spacial score (nSPS) is 10.2. The second kappa shape index (κ2) is 7.56. The van der Waals surface area contributed by atoms with Crippen molar-refractivity contribution in [3.8, 4) is 0 Å². The first-order valence-electron chi connectivity index (χ1n) is 6.76. The van der Waals surface area contributed by atoms with E-state index in [0.717, 1.165) is 10.4 Å². The SMILES string of the molecule is CCOC(=O)c1nc(CNC(=O)O)sc1Cc1ccccc1. The van der Waals surface area contributed by atoms with Gasteiger partial charge in [-0.1, -0.05) is 30.3 Å². The Kier molecular flexibility index (Phi) is 5.48. The third-order valence-corrected chi connectivity index (χ3v) is 3.86. The van der Waals surface area contributed by atoms with E-state index in [0.29, 0.717) is 11.4 Å². The topological polar surface area (TPSA) is 88.5 Å². The number of thiazole rings is 1. The highest BCUT2D eigenvalue weighted by Gasteiger charge is 2.19.